The number of carbonyl (C=O) groups excluding carboxylic acids is 1. The Morgan fingerprint density at radius 2 is 2.09 bits per heavy atom. The van der Waals surface area contributed by atoms with Gasteiger partial charge in [0.05, 0.1) is 24.4 Å². The number of amides is 1. The lowest BCUT2D eigenvalue weighted by Crippen LogP contribution is -2.43. The van der Waals surface area contributed by atoms with Crippen LogP contribution in [0, 0.1) is 11.8 Å². The molecule has 0 radical (unpaired) electrons. The van der Waals surface area contributed by atoms with Gasteiger partial charge < -0.3 is 19.5 Å². The molecule has 1 aromatic carbocycles. The molecule has 1 N–H and O–H groups in total. The number of nitrogens with zero attached hydrogens (tertiary/aromatic N) is 2. The Morgan fingerprint density at radius 3 is 2.72 bits per heavy atom. The predicted octanol–water partition coefficient (Wildman–Crippen LogP) is 4.57. The van der Waals surface area contributed by atoms with Crippen LogP contribution in [0.3, 0.4) is 0 Å². The quantitative estimate of drug-likeness (QED) is 0.405. The number of epoxide rings is 1. The Labute approximate surface area is 191 Å². The van der Waals surface area contributed by atoms with Gasteiger partial charge in [-0.2, -0.15) is 5.10 Å². The maximum absolute atomic E-state index is 12.4. The number of carbonyl (C=O) groups is 1. The summed E-state index contributed by atoms with van der Waals surface area (Å²) in [5, 5.41) is 8.76. The van der Waals surface area contributed by atoms with E-state index in [2.05, 4.69) is 47.1 Å². The number of fused-ring (bicyclic) bond motifs is 1. The minimum absolute atomic E-state index is 0.0412. The van der Waals surface area contributed by atoms with Crippen molar-refractivity contribution in [2.24, 2.45) is 11.8 Å². The van der Waals surface area contributed by atoms with Gasteiger partial charge in [-0.1, -0.05) is 26.0 Å². The van der Waals surface area contributed by atoms with E-state index >= 15 is 0 Å². The average molecular weight is 446 g/mol. The van der Waals surface area contributed by atoms with E-state index in [0.717, 1.165) is 43.3 Å². The van der Waals surface area contributed by atoms with Gasteiger partial charge in [-0.15, -0.1) is 0 Å². The molecule has 32 heavy (non-hydrogen) atoms. The molecule has 0 saturated carbocycles. The van der Waals surface area contributed by atoms with E-state index in [9.17, 15) is 4.79 Å². The summed E-state index contributed by atoms with van der Waals surface area (Å²) in [4.78, 5) is 12.4. The predicted molar refractivity (Wildman–Crippen MR) is 126 cm³/mol. The Bertz CT molecular complexity index is 883. The van der Waals surface area contributed by atoms with Crippen molar-refractivity contribution in [1.29, 1.82) is 0 Å². The standard InChI is InChI=1S/C25H39N3O4/c1-17(2)20(14-21(23-16-31-23)27-24(29)32-25(3,4)5)12-18-8-9-19-15-26-28(22(19)13-18)10-7-11-30-6/h8-9,13,15,17,20-21,23H,7,10-12,14,16H2,1-6H3,(H,27,29)/t20-,21-,23+/m0/s1. The van der Waals surface area contributed by atoms with Crippen molar-refractivity contribution in [3.8, 4) is 0 Å². The molecule has 1 fully saturated rings. The zero-order valence-electron chi connectivity index (χ0n) is 20.4. The summed E-state index contributed by atoms with van der Waals surface area (Å²) >= 11 is 0. The first kappa shape index (κ1) is 24.5. The second-order valence-electron chi connectivity index (χ2n) is 10.2. The van der Waals surface area contributed by atoms with Gasteiger partial charge in [-0.05, 0) is 63.5 Å². The van der Waals surface area contributed by atoms with E-state index in [1.54, 1.807) is 7.11 Å². The van der Waals surface area contributed by atoms with Crippen LogP contribution in [-0.4, -0.2) is 53.9 Å². The molecule has 2 heterocycles. The molecule has 7 nitrogen and oxygen atoms in total. The molecule has 1 aromatic heterocycles. The van der Waals surface area contributed by atoms with Gasteiger partial charge in [0.1, 0.15) is 11.7 Å². The van der Waals surface area contributed by atoms with Crippen LogP contribution in [0.5, 0.6) is 0 Å². The normalized spacial score (nSPS) is 18.0. The number of aromatic nitrogens is 2. The highest BCUT2D eigenvalue weighted by atomic mass is 16.6. The molecule has 1 aliphatic heterocycles. The van der Waals surface area contributed by atoms with Crippen LogP contribution < -0.4 is 5.32 Å². The Hall–Kier alpha value is -2.12. The maximum atomic E-state index is 12.4. The van der Waals surface area contributed by atoms with Gasteiger partial charge in [0, 0.05) is 25.6 Å². The van der Waals surface area contributed by atoms with Crippen LogP contribution in [0.2, 0.25) is 0 Å². The smallest absolute Gasteiger partial charge is 0.407 e. The van der Waals surface area contributed by atoms with E-state index in [1.165, 1.54) is 5.56 Å². The number of hydrogen-bond donors (Lipinski definition) is 1. The molecule has 0 unspecified atom stereocenters. The zero-order chi connectivity index (χ0) is 23.3. The van der Waals surface area contributed by atoms with Crippen LogP contribution in [-0.2, 0) is 27.2 Å². The van der Waals surface area contributed by atoms with E-state index < -0.39 is 5.60 Å². The first-order valence-electron chi connectivity index (χ1n) is 11.7. The molecule has 0 bridgehead atoms. The van der Waals surface area contributed by atoms with Crippen LogP contribution in [0.1, 0.15) is 53.0 Å². The summed E-state index contributed by atoms with van der Waals surface area (Å²) in [5.41, 5.74) is 1.94. The summed E-state index contributed by atoms with van der Waals surface area (Å²) in [6.45, 7) is 12.4. The summed E-state index contributed by atoms with van der Waals surface area (Å²) in [6, 6.07) is 6.57. The molecule has 178 valence electrons. The Kier molecular flexibility index (Phi) is 8.17. The molecule has 0 aliphatic carbocycles. The summed E-state index contributed by atoms with van der Waals surface area (Å²) < 4.78 is 18.3. The molecule has 1 saturated heterocycles. The number of alkyl carbamates (subject to hydrolysis) is 1. The van der Waals surface area contributed by atoms with Crippen molar-refractivity contribution in [2.45, 2.75) is 78.2 Å². The fourth-order valence-electron chi connectivity index (χ4n) is 4.05. The van der Waals surface area contributed by atoms with Crippen LogP contribution in [0.25, 0.3) is 10.9 Å². The van der Waals surface area contributed by atoms with E-state index in [-0.39, 0.29) is 18.2 Å². The second-order valence-corrected chi connectivity index (χ2v) is 10.2. The van der Waals surface area contributed by atoms with Gasteiger partial charge in [0.15, 0.2) is 0 Å². The van der Waals surface area contributed by atoms with Crippen molar-refractivity contribution in [3.63, 3.8) is 0 Å². The van der Waals surface area contributed by atoms with Crippen molar-refractivity contribution in [3.05, 3.63) is 30.0 Å². The fourth-order valence-corrected chi connectivity index (χ4v) is 4.05. The topological polar surface area (TPSA) is 77.9 Å². The highest BCUT2D eigenvalue weighted by Crippen LogP contribution is 2.28. The van der Waals surface area contributed by atoms with Crippen molar-refractivity contribution < 1.29 is 19.0 Å². The number of rotatable bonds is 11. The third-order valence-electron chi connectivity index (χ3n) is 5.93. The van der Waals surface area contributed by atoms with Gasteiger partial charge in [-0.3, -0.25) is 4.68 Å². The van der Waals surface area contributed by atoms with Crippen LogP contribution >= 0.6 is 0 Å². The molecule has 3 rings (SSSR count). The Balaban J connectivity index is 1.69. The van der Waals surface area contributed by atoms with Crippen molar-refractivity contribution in [1.82, 2.24) is 15.1 Å². The molecular weight excluding hydrogens is 406 g/mol. The lowest BCUT2D eigenvalue weighted by Gasteiger charge is -2.28. The van der Waals surface area contributed by atoms with Crippen LogP contribution in [0.4, 0.5) is 4.79 Å². The molecule has 1 aliphatic rings. The van der Waals surface area contributed by atoms with Crippen LogP contribution in [0.15, 0.2) is 24.4 Å². The number of hydrogen-bond acceptors (Lipinski definition) is 5. The first-order valence-corrected chi connectivity index (χ1v) is 11.7. The molecule has 2 aromatic rings. The number of ether oxygens (including phenoxy) is 3. The van der Waals surface area contributed by atoms with Crippen molar-refractivity contribution >= 4 is 17.0 Å². The highest BCUT2D eigenvalue weighted by molar-refractivity contribution is 5.79. The highest BCUT2D eigenvalue weighted by Gasteiger charge is 2.37. The fraction of sp³-hybridized carbons (Fsp3) is 0.680. The number of methoxy groups -OCH3 is 1. The number of benzene rings is 1. The van der Waals surface area contributed by atoms with Crippen molar-refractivity contribution in [2.75, 3.05) is 20.3 Å². The van der Waals surface area contributed by atoms with Gasteiger partial charge >= 0.3 is 6.09 Å². The van der Waals surface area contributed by atoms with Gasteiger partial charge in [-0.25, -0.2) is 4.79 Å². The first-order chi connectivity index (χ1) is 15.2. The van der Waals surface area contributed by atoms with E-state index in [1.807, 2.05) is 27.0 Å². The van der Waals surface area contributed by atoms with E-state index in [0.29, 0.717) is 18.4 Å². The second kappa shape index (κ2) is 10.7. The lowest BCUT2D eigenvalue weighted by atomic mass is 9.83. The molecular formula is C25H39N3O4. The molecule has 3 atom stereocenters. The molecule has 0 spiro atoms. The average Bonchev–Trinajstić information content (AvgIpc) is 3.47. The monoisotopic (exact) mass is 445 g/mol. The minimum atomic E-state index is -0.516. The van der Waals surface area contributed by atoms with Gasteiger partial charge in [0.25, 0.3) is 0 Å². The Morgan fingerprint density at radius 1 is 1.34 bits per heavy atom. The third-order valence-corrected chi connectivity index (χ3v) is 5.93. The SMILES string of the molecule is COCCCn1ncc2ccc(C[C@@H](C[C@H](NC(=O)OC(C)(C)C)[C@H]3CO3)C(C)C)cc21. The maximum Gasteiger partial charge on any atom is 0.407 e. The summed E-state index contributed by atoms with van der Waals surface area (Å²) in [7, 11) is 1.73. The number of nitrogens with one attached hydrogen (secondary N) is 1. The lowest BCUT2D eigenvalue weighted by molar-refractivity contribution is 0.0483. The summed E-state index contributed by atoms with van der Waals surface area (Å²) in [6.07, 6.45) is 4.36. The third kappa shape index (κ3) is 7.20. The molecule has 7 heteroatoms. The largest absolute Gasteiger partial charge is 0.444 e. The zero-order valence-corrected chi connectivity index (χ0v) is 20.4. The summed E-state index contributed by atoms with van der Waals surface area (Å²) in [5.74, 6) is 0.875. The van der Waals surface area contributed by atoms with E-state index in [4.69, 9.17) is 14.2 Å². The van der Waals surface area contributed by atoms with Gasteiger partial charge in [0.2, 0.25) is 0 Å². The minimum Gasteiger partial charge on any atom is -0.444 e. The number of aryl methyl sites for hydroxylation is 1. The molecule has 1 amide bonds.